The van der Waals surface area contributed by atoms with Crippen LogP contribution < -0.4 is 5.32 Å². The van der Waals surface area contributed by atoms with Crippen molar-refractivity contribution < 1.29 is 32.7 Å². The van der Waals surface area contributed by atoms with Crippen molar-refractivity contribution in [1.82, 2.24) is 15.0 Å². The van der Waals surface area contributed by atoms with Crippen LogP contribution in [0.4, 0.5) is 5.95 Å². The quantitative estimate of drug-likeness (QED) is 0.818. The summed E-state index contributed by atoms with van der Waals surface area (Å²) in [6.45, 7) is 7.90. The minimum absolute atomic E-state index is 0. The minimum atomic E-state index is 0. The molecule has 0 saturated carbocycles. The van der Waals surface area contributed by atoms with Crippen molar-refractivity contribution in [1.29, 1.82) is 0 Å². The van der Waals surface area contributed by atoms with Gasteiger partial charge in [-0.1, -0.05) is 23.7 Å². The summed E-state index contributed by atoms with van der Waals surface area (Å²) in [7, 11) is 0. The number of aryl methyl sites for hydroxylation is 1. The maximum Gasteiger partial charge on any atom is 3.00 e. The van der Waals surface area contributed by atoms with E-state index in [1.54, 1.807) is 0 Å². The summed E-state index contributed by atoms with van der Waals surface area (Å²) in [4.78, 5) is 13.1. The smallest absolute Gasteiger partial charge is 0.348 e. The first-order chi connectivity index (χ1) is 9.45. The Balaban J connectivity index is 0.00000220. The molecule has 0 amide bonds. The van der Waals surface area contributed by atoms with Gasteiger partial charge >= 0.3 is 32.7 Å². The Morgan fingerprint density at radius 3 is 2.29 bits per heavy atom. The molecule has 1 unspecified atom stereocenters. The molecule has 2 aromatic rings. The summed E-state index contributed by atoms with van der Waals surface area (Å²) in [5.74, 6) is 3.10. The van der Waals surface area contributed by atoms with Gasteiger partial charge in [0.2, 0.25) is 5.95 Å². The van der Waals surface area contributed by atoms with E-state index in [0.29, 0.717) is 11.8 Å². The van der Waals surface area contributed by atoms with Gasteiger partial charge in [-0.2, -0.15) is 18.8 Å². The normalized spacial score (nSPS) is 11.5. The van der Waals surface area contributed by atoms with Crippen LogP contribution in [0.25, 0.3) is 0 Å². The fourth-order valence-corrected chi connectivity index (χ4v) is 1.92. The maximum atomic E-state index is 5.90. The summed E-state index contributed by atoms with van der Waals surface area (Å²) in [5, 5.41) is 4.03. The number of hydrogen-bond donors (Lipinski definition) is 1. The van der Waals surface area contributed by atoms with E-state index >= 15 is 0 Å². The second-order valence-corrected chi connectivity index (χ2v) is 5.38. The molecule has 2 rings (SSSR count). The molecular formula is C15H18ClN4Y+2. The third-order valence-corrected chi connectivity index (χ3v) is 3.16. The van der Waals surface area contributed by atoms with Crippen molar-refractivity contribution in [3.05, 3.63) is 52.4 Å². The second kappa shape index (κ2) is 8.07. The molecule has 6 heteroatoms. The molecule has 1 N–H and O–H groups in total. The number of nitrogens with one attached hydrogen (secondary N) is 1. The number of aromatic nitrogens is 3. The molecule has 0 fully saturated rings. The van der Waals surface area contributed by atoms with Crippen molar-refractivity contribution in [2.45, 2.75) is 33.7 Å². The van der Waals surface area contributed by atoms with Gasteiger partial charge in [0, 0.05) is 10.8 Å². The molecule has 21 heavy (non-hydrogen) atoms. The van der Waals surface area contributed by atoms with Crippen molar-refractivity contribution in [3.8, 4) is 0 Å². The van der Waals surface area contributed by atoms with Crippen LogP contribution >= 0.6 is 11.6 Å². The molecule has 0 aliphatic heterocycles. The minimum Gasteiger partial charge on any atom is -0.348 e. The van der Waals surface area contributed by atoms with E-state index in [-0.39, 0.29) is 38.8 Å². The van der Waals surface area contributed by atoms with E-state index in [1.807, 2.05) is 45.0 Å². The van der Waals surface area contributed by atoms with E-state index in [0.717, 1.165) is 22.3 Å². The van der Waals surface area contributed by atoms with E-state index < -0.39 is 0 Å². The topological polar surface area (TPSA) is 50.7 Å². The fourth-order valence-electron chi connectivity index (χ4n) is 1.80. The average Bonchev–Trinajstić information content (AvgIpc) is 2.38. The number of hydrogen-bond acceptors (Lipinski definition) is 4. The first-order valence-corrected chi connectivity index (χ1v) is 6.88. The van der Waals surface area contributed by atoms with Gasteiger partial charge in [0.1, 0.15) is 5.82 Å². The molecule has 0 radical (unpaired) electrons. The summed E-state index contributed by atoms with van der Waals surface area (Å²) in [5.41, 5.74) is 1.13. The average molecular weight is 379 g/mol. The fraction of sp³-hybridized carbons (Fsp3) is 0.333. The zero-order valence-corrected chi connectivity index (χ0v) is 16.3. The molecular weight excluding hydrogens is 361 g/mol. The molecule has 0 bridgehead atoms. The van der Waals surface area contributed by atoms with E-state index in [9.17, 15) is 0 Å². The summed E-state index contributed by atoms with van der Waals surface area (Å²) < 4.78 is 0. The molecule has 1 aromatic carbocycles. The summed E-state index contributed by atoms with van der Waals surface area (Å²) in [6, 6.07) is 7.84. The van der Waals surface area contributed by atoms with E-state index in [1.165, 1.54) is 0 Å². The third-order valence-electron chi connectivity index (χ3n) is 2.91. The van der Waals surface area contributed by atoms with Gasteiger partial charge in [-0.25, -0.2) is 4.98 Å². The van der Waals surface area contributed by atoms with E-state index in [4.69, 9.17) is 11.6 Å². The Kier molecular flexibility index (Phi) is 7.05. The van der Waals surface area contributed by atoms with Crippen LogP contribution in [-0.2, 0) is 32.7 Å². The molecule has 0 spiro atoms. The van der Waals surface area contributed by atoms with Crippen molar-refractivity contribution in [3.63, 3.8) is 0 Å². The van der Waals surface area contributed by atoms with Crippen molar-refractivity contribution >= 4 is 17.5 Å². The molecule has 0 saturated heterocycles. The molecule has 1 heterocycles. The number of benzene rings is 1. The van der Waals surface area contributed by atoms with Crippen LogP contribution in [0.2, 0.25) is 5.02 Å². The van der Waals surface area contributed by atoms with Gasteiger partial charge in [-0.05, 0) is 31.5 Å². The number of nitrogens with zero attached hydrogens (tertiary/aromatic N) is 3. The molecule has 0 aliphatic rings. The van der Waals surface area contributed by atoms with Crippen LogP contribution in [0, 0.1) is 12.8 Å². The summed E-state index contributed by atoms with van der Waals surface area (Å²) >= 11 is 5.90. The molecule has 0 aliphatic carbocycles. The maximum absolute atomic E-state index is 5.90. The van der Waals surface area contributed by atoms with E-state index in [2.05, 4.69) is 27.2 Å². The predicted octanol–water partition coefficient (Wildman–Crippen LogP) is 3.97. The van der Waals surface area contributed by atoms with Crippen LogP contribution in [0.3, 0.4) is 0 Å². The van der Waals surface area contributed by atoms with Crippen LogP contribution in [0.1, 0.15) is 44.0 Å². The van der Waals surface area contributed by atoms with Gasteiger partial charge in [0.05, 0.1) is 6.04 Å². The Morgan fingerprint density at radius 1 is 1.10 bits per heavy atom. The van der Waals surface area contributed by atoms with Gasteiger partial charge in [-0.15, -0.1) is 0 Å². The number of halogens is 1. The Bertz CT molecular complexity index is 587. The Labute approximate surface area is 156 Å². The van der Waals surface area contributed by atoms with Gasteiger partial charge < -0.3 is 11.2 Å². The van der Waals surface area contributed by atoms with Crippen molar-refractivity contribution in [2.24, 2.45) is 0 Å². The van der Waals surface area contributed by atoms with Crippen molar-refractivity contribution in [2.75, 3.05) is 5.32 Å². The second-order valence-electron chi connectivity index (χ2n) is 4.95. The zero-order chi connectivity index (χ0) is 14.7. The first kappa shape index (κ1) is 18.3. The van der Waals surface area contributed by atoms with Crippen LogP contribution in [0.5, 0.6) is 0 Å². The van der Waals surface area contributed by atoms with Gasteiger partial charge in [0.25, 0.3) is 0 Å². The Morgan fingerprint density at radius 2 is 1.71 bits per heavy atom. The van der Waals surface area contributed by atoms with Gasteiger partial charge in [-0.3, -0.25) is 4.98 Å². The standard InChI is InChI=1S/C15H18ClN4.Y/c1-9(2)14-18-11(4)19-15(20-14)17-10(3)12-5-7-13(16)8-6-12;/h5-8,10H,1-4H3,(H,17,18,19,20);/q-1;+3. The summed E-state index contributed by atoms with van der Waals surface area (Å²) in [6.07, 6.45) is 0. The molecule has 4 nitrogen and oxygen atoms in total. The zero-order valence-electron chi connectivity index (χ0n) is 12.7. The van der Waals surface area contributed by atoms with Crippen LogP contribution in [0.15, 0.2) is 24.3 Å². The largest absolute Gasteiger partial charge is 3.00 e. The SMILES string of the molecule is Cc1nc(NC(C)c2ccc(Cl)cc2)nc([C-](C)C)n1.[Y+3]. The predicted molar refractivity (Wildman–Crippen MR) is 81.7 cm³/mol. The Hall–Kier alpha value is -0.706. The molecule has 106 valence electrons. The first-order valence-electron chi connectivity index (χ1n) is 6.51. The van der Waals surface area contributed by atoms with Crippen LogP contribution in [-0.4, -0.2) is 15.0 Å². The third kappa shape index (κ3) is 5.21. The molecule has 1 atom stereocenters. The van der Waals surface area contributed by atoms with Gasteiger partial charge in [0.15, 0.2) is 0 Å². The number of anilines is 1. The number of rotatable bonds is 4. The molecule has 1 aromatic heterocycles. The monoisotopic (exact) mass is 378 g/mol.